The molecular weight excluding hydrogens is 272 g/mol. The Morgan fingerprint density at radius 3 is 2.36 bits per heavy atom. The summed E-state index contributed by atoms with van der Waals surface area (Å²) in [5, 5.41) is 21.0. The van der Waals surface area contributed by atoms with Crippen LogP contribution in [0.15, 0.2) is 24.3 Å². The van der Waals surface area contributed by atoms with Gasteiger partial charge in [-0.3, -0.25) is 0 Å². The number of unbranched alkanes of at least 4 members (excludes halogenated alkanes) is 2. The van der Waals surface area contributed by atoms with E-state index in [0.717, 1.165) is 48.8 Å². The smallest absolute Gasteiger partial charge is 0.123 e. The Kier molecular flexibility index (Phi) is 5.93. The third kappa shape index (κ3) is 3.85. The molecule has 2 heteroatoms. The molecule has 0 amide bonds. The van der Waals surface area contributed by atoms with Crippen LogP contribution in [0, 0.1) is 5.92 Å². The molecule has 0 bridgehead atoms. The van der Waals surface area contributed by atoms with Gasteiger partial charge in [0.25, 0.3) is 0 Å². The van der Waals surface area contributed by atoms with E-state index >= 15 is 0 Å². The van der Waals surface area contributed by atoms with Crippen molar-refractivity contribution in [3.63, 3.8) is 0 Å². The van der Waals surface area contributed by atoms with Crippen LogP contribution < -0.4 is 0 Å². The minimum absolute atomic E-state index is 0.205. The second-order valence-electron chi connectivity index (χ2n) is 6.85. The van der Waals surface area contributed by atoms with Crippen molar-refractivity contribution < 1.29 is 10.2 Å². The van der Waals surface area contributed by atoms with Crippen LogP contribution in [0.2, 0.25) is 0 Å². The highest BCUT2D eigenvalue weighted by Gasteiger charge is 2.31. The van der Waals surface area contributed by atoms with E-state index < -0.39 is 0 Å². The number of aryl methyl sites for hydroxylation is 1. The topological polar surface area (TPSA) is 40.5 Å². The van der Waals surface area contributed by atoms with Gasteiger partial charge in [-0.1, -0.05) is 44.8 Å². The van der Waals surface area contributed by atoms with Gasteiger partial charge in [0.05, 0.1) is 0 Å². The molecule has 2 rings (SSSR count). The molecule has 1 aromatic carbocycles. The van der Waals surface area contributed by atoms with Crippen LogP contribution >= 0.6 is 0 Å². The molecule has 2 nitrogen and oxygen atoms in total. The fraction of sp³-hybridized carbons (Fsp3) is 0.600. The SMILES string of the molecule is C=C(C)C1CCCC[C@H]1c1c(O)cc(CCCCC)cc1O. The Hall–Kier alpha value is -1.44. The normalized spacial score (nSPS) is 21.7. The van der Waals surface area contributed by atoms with Gasteiger partial charge in [-0.25, -0.2) is 0 Å². The van der Waals surface area contributed by atoms with Crippen molar-refractivity contribution >= 4 is 0 Å². The fourth-order valence-corrected chi connectivity index (χ4v) is 3.85. The predicted molar refractivity (Wildman–Crippen MR) is 92.5 cm³/mol. The molecule has 1 aromatic rings. The minimum atomic E-state index is 0.205. The van der Waals surface area contributed by atoms with Crippen LogP contribution in [0.1, 0.15) is 75.8 Å². The molecule has 0 aliphatic heterocycles. The van der Waals surface area contributed by atoms with Gasteiger partial charge in [0.2, 0.25) is 0 Å². The van der Waals surface area contributed by atoms with E-state index in [-0.39, 0.29) is 17.4 Å². The Morgan fingerprint density at radius 2 is 1.77 bits per heavy atom. The van der Waals surface area contributed by atoms with E-state index in [2.05, 4.69) is 20.4 Å². The molecular formula is C20H30O2. The summed E-state index contributed by atoms with van der Waals surface area (Å²) in [5.41, 5.74) is 2.94. The van der Waals surface area contributed by atoms with Gasteiger partial charge in [0.15, 0.2) is 0 Å². The van der Waals surface area contributed by atoms with Crippen molar-refractivity contribution in [3.05, 3.63) is 35.4 Å². The fourth-order valence-electron chi connectivity index (χ4n) is 3.85. The van der Waals surface area contributed by atoms with Crippen molar-refractivity contribution in [2.45, 2.75) is 71.1 Å². The Balaban J connectivity index is 2.24. The Labute approximate surface area is 134 Å². The lowest BCUT2D eigenvalue weighted by Gasteiger charge is -2.33. The summed E-state index contributed by atoms with van der Waals surface area (Å²) in [6, 6.07) is 3.71. The van der Waals surface area contributed by atoms with Gasteiger partial charge >= 0.3 is 0 Å². The average Bonchev–Trinajstić information content (AvgIpc) is 2.47. The molecule has 2 N–H and O–H groups in total. The third-order valence-corrected chi connectivity index (χ3v) is 5.03. The molecule has 1 aliphatic carbocycles. The molecule has 0 heterocycles. The van der Waals surface area contributed by atoms with Crippen LogP contribution in [-0.4, -0.2) is 10.2 Å². The first kappa shape index (κ1) is 16.9. The van der Waals surface area contributed by atoms with E-state index in [0.29, 0.717) is 5.92 Å². The van der Waals surface area contributed by atoms with Crippen LogP contribution in [-0.2, 0) is 6.42 Å². The summed E-state index contributed by atoms with van der Waals surface area (Å²) in [4.78, 5) is 0. The lowest BCUT2D eigenvalue weighted by Crippen LogP contribution is -2.19. The second kappa shape index (κ2) is 7.71. The van der Waals surface area contributed by atoms with Gasteiger partial charge in [-0.2, -0.15) is 0 Å². The summed E-state index contributed by atoms with van der Waals surface area (Å²) in [6.45, 7) is 8.36. The first-order valence-electron chi connectivity index (χ1n) is 8.74. The maximum Gasteiger partial charge on any atom is 0.123 e. The number of hydrogen-bond donors (Lipinski definition) is 2. The number of phenols is 2. The molecule has 22 heavy (non-hydrogen) atoms. The van der Waals surface area contributed by atoms with E-state index in [1.54, 1.807) is 0 Å². The van der Waals surface area contributed by atoms with Gasteiger partial charge < -0.3 is 10.2 Å². The van der Waals surface area contributed by atoms with Crippen LogP contribution in [0.4, 0.5) is 0 Å². The highest BCUT2D eigenvalue weighted by molar-refractivity contribution is 5.49. The van der Waals surface area contributed by atoms with E-state index in [4.69, 9.17) is 0 Å². The monoisotopic (exact) mass is 302 g/mol. The largest absolute Gasteiger partial charge is 0.508 e. The number of hydrogen-bond acceptors (Lipinski definition) is 2. The van der Waals surface area contributed by atoms with Crippen molar-refractivity contribution in [2.75, 3.05) is 0 Å². The van der Waals surface area contributed by atoms with Crippen molar-refractivity contribution in [1.82, 2.24) is 0 Å². The number of allylic oxidation sites excluding steroid dienone is 1. The van der Waals surface area contributed by atoms with E-state index in [9.17, 15) is 10.2 Å². The van der Waals surface area contributed by atoms with Gasteiger partial charge in [-0.05, 0) is 62.1 Å². The third-order valence-electron chi connectivity index (χ3n) is 5.03. The first-order chi connectivity index (χ1) is 10.5. The highest BCUT2D eigenvalue weighted by Crippen LogP contribution is 2.47. The van der Waals surface area contributed by atoms with Crippen LogP contribution in [0.5, 0.6) is 11.5 Å². The standard InChI is InChI=1S/C20H30O2/c1-4-5-6-9-15-12-18(21)20(19(22)13-15)17-11-8-7-10-16(17)14(2)3/h12-13,16-17,21-22H,2,4-11H2,1,3H3/t16?,17-/m1/s1. The number of phenolic OH excluding ortho intramolecular Hbond substituents is 2. The Morgan fingerprint density at radius 1 is 1.14 bits per heavy atom. The van der Waals surface area contributed by atoms with Gasteiger partial charge in [-0.15, -0.1) is 0 Å². The second-order valence-corrected chi connectivity index (χ2v) is 6.85. The zero-order chi connectivity index (χ0) is 16.1. The highest BCUT2D eigenvalue weighted by atomic mass is 16.3. The lowest BCUT2D eigenvalue weighted by molar-refractivity contribution is 0.326. The quantitative estimate of drug-likeness (QED) is 0.524. The molecule has 0 radical (unpaired) electrons. The molecule has 1 aliphatic rings. The zero-order valence-corrected chi connectivity index (χ0v) is 14.1. The Bertz CT molecular complexity index is 495. The van der Waals surface area contributed by atoms with Crippen LogP contribution in [0.25, 0.3) is 0 Å². The maximum atomic E-state index is 10.5. The molecule has 1 fully saturated rings. The van der Waals surface area contributed by atoms with Gasteiger partial charge in [0.1, 0.15) is 11.5 Å². The number of benzene rings is 1. The molecule has 122 valence electrons. The number of aromatic hydroxyl groups is 2. The van der Waals surface area contributed by atoms with Crippen molar-refractivity contribution in [3.8, 4) is 11.5 Å². The summed E-state index contributed by atoms with van der Waals surface area (Å²) >= 11 is 0. The number of rotatable bonds is 6. The summed E-state index contributed by atoms with van der Waals surface area (Å²) in [7, 11) is 0. The van der Waals surface area contributed by atoms with Crippen molar-refractivity contribution in [2.24, 2.45) is 5.92 Å². The molecule has 0 spiro atoms. The molecule has 0 aromatic heterocycles. The van der Waals surface area contributed by atoms with E-state index in [1.807, 2.05) is 12.1 Å². The first-order valence-corrected chi connectivity index (χ1v) is 8.74. The summed E-state index contributed by atoms with van der Waals surface area (Å²) in [5.74, 6) is 1.11. The molecule has 2 atom stereocenters. The van der Waals surface area contributed by atoms with Crippen molar-refractivity contribution in [1.29, 1.82) is 0 Å². The maximum absolute atomic E-state index is 10.5. The average molecular weight is 302 g/mol. The lowest BCUT2D eigenvalue weighted by atomic mass is 9.72. The zero-order valence-electron chi connectivity index (χ0n) is 14.1. The molecule has 1 saturated carbocycles. The minimum Gasteiger partial charge on any atom is -0.508 e. The van der Waals surface area contributed by atoms with Crippen LogP contribution in [0.3, 0.4) is 0 Å². The van der Waals surface area contributed by atoms with E-state index in [1.165, 1.54) is 19.3 Å². The molecule has 0 saturated heterocycles. The van der Waals surface area contributed by atoms with Gasteiger partial charge in [0, 0.05) is 5.56 Å². The summed E-state index contributed by atoms with van der Waals surface area (Å²) < 4.78 is 0. The predicted octanol–water partition coefficient (Wildman–Crippen LogP) is 5.68. The molecule has 1 unspecified atom stereocenters. The summed E-state index contributed by atoms with van der Waals surface area (Å²) in [6.07, 6.45) is 8.89.